The van der Waals surface area contributed by atoms with Crippen LogP contribution >= 0.6 is 0 Å². The normalized spacial score (nSPS) is 36.4. The Bertz CT molecular complexity index is 2610. The molecule has 35 heteroatoms. The molecule has 23 unspecified atom stereocenters. The van der Waals surface area contributed by atoms with Crippen molar-refractivity contribution >= 4 is 29.5 Å². The summed E-state index contributed by atoms with van der Waals surface area (Å²) in [5.41, 5.74) is 0.0728. The summed E-state index contributed by atoms with van der Waals surface area (Å²) in [7, 11) is 0. The molecule has 5 fully saturated rings. The van der Waals surface area contributed by atoms with Gasteiger partial charge in [-0.15, -0.1) is 0 Å². The highest BCUT2D eigenvalue weighted by atomic mass is 16.8. The van der Waals surface area contributed by atoms with Crippen molar-refractivity contribution in [3.05, 3.63) is 29.8 Å². The summed E-state index contributed by atoms with van der Waals surface area (Å²) in [6.07, 6.45) is -32.5. The Kier molecular flexibility index (Phi) is 33.4. The van der Waals surface area contributed by atoms with Crippen molar-refractivity contribution in [3.63, 3.8) is 0 Å². The van der Waals surface area contributed by atoms with Crippen LogP contribution in [-0.2, 0) is 71.3 Å². The molecule has 0 saturated carbocycles. The maximum atomic E-state index is 13.9. The maximum absolute atomic E-state index is 13.9. The molecule has 5 amide bonds. The number of hydrogen-bond acceptors (Lipinski definition) is 30. The zero-order valence-electron chi connectivity index (χ0n) is 56.4. The molecule has 0 bridgehead atoms. The van der Waals surface area contributed by atoms with Crippen molar-refractivity contribution in [3.8, 4) is 5.75 Å². The first kappa shape index (κ1) is 82.4. The Labute approximate surface area is 567 Å². The van der Waals surface area contributed by atoms with E-state index in [1.165, 1.54) is 71.9 Å². The van der Waals surface area contributed by atoms with E-state index in [1.54, 1.807) is 12.1 Å². The predicted octanol–water partition coefficient (Wildman–Crippen LogP) is -5.49. The average Bonchev–Trinajstić information content (AvgIpc) is 0.787. The quantitative estimate of drug-likeness (QED) is 0.0220. The highest BCUT2D eigenvalue weighted by Crippen LogP contribution is 2.35. The zero-order valence-corrected chi connectivity index (χ0v) is 56.4. The first-order valence-corrected chi connectivity index (χ1v) is 33.4. The number of carbonyl (C=O) groups is 5. The number of rotatable bonds is 36. The Balaban J connectivity index is 1.18. The number of nitrogens with one attached hydrogen (secondary N) is 5. The van der Waals surface area contributed by atoms with E-state index in [0.717, 1.165) is 46.5 Å². The number of hydrogen-bond donors (Lipinski definition) is 18. The monoisotopic (exact) mass is 1410 g/mol. The van der Waals surface area contributed by atoms with E-state index >= 15 is 0 Å². The van der Waals surface area contributed by atoms with Crippen LogP contribution in [-0.4, -0.2) is 313 Å². The molecule has 5 aliphatic rings. The molecule has 5 saturated heterocycles. The fourth-order valence-corrected chi connectivity index (χ4v) is 12.3. The van der Waals surface area contributed by atoms with Gasteiger partial charge >= 0.3 is 0 Å². The lowest BCUT2D eigenvalue weighted by Gasteiger charge is -2.49. The van der Waals surface area contributed by atoms with Crippen molar-refractivity contribution in [1.29, 1.82) is 0 Å². The van der Waals surface area contributed by atoms with Crippen LogP contribution in [0.2, 0.25) is 0 Å². The smallest absolute Gasteiger partial charge is 0.251 e. The van der Waals surface area contributed by atoms with Crippen molar-refractivity contribution in [1.82, 2.24) is 26.6 Å². The lowest BCUT2D eigenvalue weighted by Crippen LogP contribution is -2.70. The standard InChI is InChI=1S/C63H105N5O30/c1-9-10-11-12-13-14-15-16-17-21-87-36-20-18-19-35(22-36)57(85)68-43-48(79)47(78)38(24-70)93-60(43)96-54-39(25-71)94-59(44(50(54)81)65-32(6)74)90-28(2)37(23-69)92-63(58(86)67-34(8)76)98-55-40(26-72)95-61(45(51(55)82)66-33(7)75)97-56-41(89-29(3)42(49(56)80)64-31(5)73)27-88-62-53(84)52(83)46(77)30(4)91-62/h18-20,22,28-30,37-56,58-63,69-72,77-84,86H,9-17,21,23-27H2,1-8H3,(H,64,73)(H,65,74)(H,66,75)(H,67,76)(H,68,85)/t28-,29?,30?,37?,38?,39-,40-,41?,42?,43?,44?,45?,46?,47?,48?,49?,50?,51?,52?,53?,54?,55?,56?,58-,59+,60?,61-,62?,63?/m0/s1. The number of aliphatic hydroxyl groups is 13. The summed E-state index contributed by atoms with van der Waals surface area (Å²) >= 11 is 0. The summed E-state index contributed by atoms with van der Waals surface area (Å²) < 4.78 is 72.4. The van der Waals surface area contributed by atoms with Crippen LogP contribution in [0.1, 0.15) is 124 Å². The molecule has 1 aromatic rings. The van der Waals surface area contributed by atoms with Gasteiger partial charge in [0.1, 0.15) is 122 Å². The molecule has 6 rings (SSSR count). The van der Waals surface area contributed by atoms with Gasteiger partial charge in [-0.3, -0.25) is 24.0 Å². The van der Waals surface area contributed by atoms with Gasteiger partial charge < -0.3 is 150 Å². The van der Waals surface area contributed by atoms with Gasteiger partial charge in [-0.25, -0.2) is 0 Å². The number of benzene rings is 1. The minimum atomic E-state index is -2.20. The minimum Gasteiger partial charge on any atom is -0.494 e. The molecule has 29 atom stereocenters. The lowest BCUT2D eigenvalue weighted by atomic mass is 9.92. The third-order valence-electron chi connectivity index (χ3n) is 17.7. The van der Waals surface area contributed by atoms with Gasteiger partial charge in [0.2, 0.25) is 29.9 Å². The number of ether oxygens (including phenoxy) is 12. The lowest BCUT2D eigenvalue weighted by molar-refractivity contribution is -0.352. The van der Waals surface area contributed by atoms with Crippen molar-refractivity contribution in [2.24, 2.45) is 0 Å². The van der Waals surface area contributed by atoms with Crippen LogP contribution < -0.4 is 31.3 Å². The minimum absolute atomic E-state index is 0.0728. The van der Waals surface area contributed by atoms with Gasteiger partial charge in [-0.2, -0.15) is 0 Å². The molecule has 0 spiro atoms. The highest BCUT2D eigenvalue weighted by Gasteiger charge is 2.56. The number of unbranched alkanes of at least 4 members (excludes halogenated alkanes) is 8. The molecule has 5 heterocycles. The van der Waals surface area contributed by atoms with Gasteiger partial charge in [-0.05, 0) is 45.4 Å². The summed E-state index contributed by atoms with van der Waals surface area (Å²) in [5.74, 6) is -3.46. The van der Waals surface area contributed by atoms with Crippen molar-refractivity contribution in [2.45, 2.75) is 291 Å². The Morgan fingerprint density at radius 2 is 1.04 bits per heavy atom. The van der Waals surface area contributed by atoms with E-state index in [4.69, 9.17) is 56.8 Å². The second kappa shape index (κ2) is 39.7. The van der Waals surface area contributed by atoms with E-state index in [0.29, 0.717) is 12.4 Å². The molecular formula is C63H105N5O30. The third kappa shape index (κ3) is 22.5. The fraction of sp³-hybridized carbons (Fsp3) is 0.825. The van der Waals surface area contributed by atoms with E-state index in [1.807, 2.05) is 0 Å². The first-order valence-electron chi connectivity index (χ1n) is 33.4. The molecule has 98 heavy (non-hydrogen) atoms. The van der Waals surface area contributed by atoms with Crippen molar-refractivity contribution in [2.75, 3.05) is 39.6 Å². The summed E-state index contributed by atoms with van der Waals surface area (Å²) in [4.78, 5) is 64.5. The van der Waals surface area contributed by atoms with E-state index in [2.05, 4.69) is 33.5 Å². The van der Waals surface area contributed by atoms with Crippen LogP contribution in [0.3, 0.4) is 0 Å². The SMILES string of the molecule is CCCCCCCCCCCOc1cccc(C(=O)NC2C(OC3C(O)C(NC(C)=O)[C@H](O[C@@H](C)C(CO)OC(OC4C(O)C(NC(C)=O)[C@H](OC5C(COC6OC(C)C(O)C(O)C6O)OC(C)C(NC(C)=O)C5O)O[C@H]4CO)[C@H](O)NC(C)=O)O[C@H]3CO)OC(CO)C(O)C2O)c1. The third-order valence-corrected chi connectivity index (χ3v) is 17.7. The van der Waals surface area contributed by atoms with Crippen molar-refractivity contribution < 1.29 is 147 Å². The van der Waals surface area contributed by atoms with Crippen LogP contribution in [0.15, 0.2) is 24.3 Å². The van der Waals surface area contributed by atoms with Gasteiger partial charge in [0, 0.05) is 33.3 Å². The van der Waals surface area contributed by atoms with Gasteiger partial charge in [-0.1, -0.05) is 64.4 Å². The average molecular weight is 1410 g/mol. The Morgan fingerprint density at radius 1 is 0.520 bits per heavy atom. The van der Waals surface area contributed by atoms with Crippen LogP contribution in [0.25, 0.3) is 0 Å². The maximum Gasteiger partial charge on any atom is 0.251 e. The second-order valence-corrected chi connectivity index (χ2v) is 25.4. The molecule has 1 aromatic carbocycles. The molecule has 0 aliphatic carbocycles. The van der Waals surface area contributed by atoms with Crippen LogP contribution in [0.5, 0.6) is 5.75 Å². The van der Waals surface area contributed by atoms with Gasteiger partial charge in [0.25, 0.3) is 5.91 Å². The van der Waals surface area contributed by atoms with E-state index < -0.39 is 240 Å². The highest BCUT2D eigenvalue weighted by molar-refractivity contribution is 5.94. The first-order chi connectivity index (χ1) is 46.6. The predicted molar refractivity (Wildman–Crippen MR) is 334 cm³/mol. The van der Waals surface area contributed by atoms with Gasteiger partial charge in [0.15, 0.2) is 31.4 Å². The molecule has 562 valence electrons. The molecule has 18 N–H and O–H groups in total. The van der Waals surface area contributed by atoms with E-state index in [-0.39, 0.29) is 5.56 Å². The molecular weight excluding hydrogens is 1310 g/mol. The summed E-state index contributed by atoms with van der Waals surface area (Å²) in [6.45, 7) is 6.60. The zero-order chi connectivity index (χ0) is 72.2. The number of amides is 5. The largest absolute Gasteiger partial charge is 0.494 e. The molecule has 0 radical (unpaired) electrons. The summed E-state index contributed by atoms with van der Waals surface area (Å²) in [6, 6.07) is -0.0299. The van der Waals surface area contributed by atoms with Crippen LogP contribution in [0, 0.1) is 0 Å². The van der Waals surface area contributed by atoms with Gasteiger partial charge in [0.05, 0.1) is 64.0 Å². The number of aliphatic hydroxyl groups excluding tert-OH is 13. The van der Waals surface area contributed by atoms with E-state index in [9.17, 15) is 90.4 Å². The molecule has 5 aliphatic heterocycles. The molecule has 0 aromatic heterocycles. The number of carbonyl (C=O) groups excluding carboxylic acids is 5. The Hall–Kier alpha value is -4.59. The van der Waals surface area contributed by atoms with Crippen LogP contribution in [0.4, 0.5) is 0 Å². The topological polar surface area (TPSA) is 519 Å². The summed E-state index contributed by atoms with van der Waals surface area (Å²) in [5, 5.41) is 157. The molecule has 35 nitrogen and oxygen atoms in total. The Morgan fingerprint density at radius 3 is 1.62 bits per heavy atom. The second-order valence-electron chi connectivity index (χ2n) is 25.4. The fourth-order valence-electron chi connectivity index (χ4n) is 12.3.